The van der Waals surface area contributed by atoms with Crippen LogP contribution in [0.2, 0.25) is 0 Å². The third-order valence-electron chi connectivity index (χ3n) is 3.27. The maximum atomic E-state index is 12.0. The second-order valence-electron chi connectivity index (χ2n) is 5.05. The van der Waals surface area contributed by atoms with E-state index in [2.05, 4.69) is 5.32 Å². The van der Waals surface area contributed by atoms with Gasteiger partial charge in [-0.2, -0.15) is 0 Å². The Morgan fingerprint density at radius 3 is 2.38 bits per heavy atom. The van der Waals surface area contributed by atoms with Gasteiger partial charge < -0.3 is 19.5 Å². The van der Waals surface area contributed by atoms with Crippen molar-refractivity contribution in [2.75, 3.05) is 26.3 Å². The smallest absolute Gasteiger partial charge is 0.344 e. The number of hydrogen-bond donors (Lipinski definition) is 1. The topological polar surface area (TPSA) is 94.2 Å². The van der Waals surface area contributed by atoms with E-state index in [0.717, 1.165) is 4.90 Å². The van der Waals surface area contributed by atoms with Crippen molar-refractivity contribution in [3.05, 3.63) is 24.3 Å². The summed E-state index contributed by atoms with van der Waals surface area (Å²) in [4.78, 5) is 36.2. The number of carbonyl (C=O) groups excluding carboxylic acids is 3. The molecule has 8 heteroatoms. The van der Waals surface area contributed by atoms with Crippen LogP contribution < -0.4 is 14.8 Å². The molecule has 0 saturated carbocycles. The third kappa shape index (κ3) is 4.61. The molecule has 0 aromatic heterocycles. The van der Waals surface area contributed by atoms with Crippen molar-refractivity contribution in [2.24, 2.45) is 0 Å². The summed E-state index contributed by atoms with van der Waals surface area (Å²) in [6, 6.07) is 6.31. The Labute approximate surface area is 139 Å². The average Bonchev–Trinajstić information content (AvgIpc) is 2.99. The second-order valence-corrected chi connectivity index (χ2v) is 5.05. The first-order valence-electron chi connectivity index (χ1n) is 7.65. The molecule has 8 nitrogen and oxygen atoms in total. The van der Waals surface area contributed by atoms with Gasteiger partial charge in [-0.3, -0.25) is 9.69 Å². The van der Waals surface area contributed by atoms with Crippen LogP contribution in [0.25, 0.3) is 0 Å². The number of urea groups is 1. The number of rotatable bonds is 7. The maximum absolute atomic E-state index is 12.0. The lowest BCUT2D eigenvalue weighted by atomic mass is 10.3. The first-order chi connectivity index (χ1) is 11.5. The lowest BCUT2D eigenvalue weighted by Crippen LogP contribution is -2.42. The highest BCUT2D eigenvalue weighted by Crippen LogP contribution is 2.17. The molecule has 1 aromatic rings. The number of nitrogens with one attached hydrogen (secondary N) is 1. The van der Waals surface area contributed by atoms with Crippen LogP contribution in [-0.4, -0.2) is 55.2 Å². The van der Waals surface area contributed by atoms with E-state index < -0.39 is 24.0 Å². The summed E-state index contributed by atoms with van der Waals surface area (Å²) < 4.78 is 15.6. The molecule has 1 saturated heterocycles. The molecule has 1 aliphatic rings. The summed E-state index contributed by atoms with van der Waals surface area (Å²) in [6.45, 7) is 4.19. The van der Waals surface area contributed by atoms with Crippen molar-refractivity contribution >= 4 is 17.9 Å². The van der Waals surface area contributed by atoms with Crippen LogP contribution in [0.15, 0.2) is 24.3 Å². The van der Waals surface area contributed by atoms with Crippen LogP contribution in [-0.2, 0) is 14.3 Å². The number of esters is 1. The van der Waals surface area contributed by atoms with Gasteiger partial charge in [0.2, 0.25) is 0 Å². The Morgan fingerprint density at radius 2 is 1.83 bits per heavy atom. The molecule has 1 fully saturated rings. The van der Waals surface area contributed by atoms with Gasteiger partial charge in [-0.05, 0) is 38.1 Å². The lowest BCUT2D eigenvalue weighted by Gasteiger charge is -2.18. The molecule has 24 heavy (non-hydrogen) atoms. The van der Waals surface area contributed by atoms with Crippen LogP contribution in [0.1, 0.15) is 13.8 Å². The van der Waals surface area contributed by atoms with Crippen LogP contribution in [0, 0.1) is 0 Å². The number of benzene rings is 1. The molecule has 130 valence electrons. The molecule has 0 spiro atoms. The minimum absolute atomic E-state index is 0.266. The van der Waals surface area contributed by atoms with E-state index in [1.807, 2.05) is 6.92 Å². The quantitative estimate of drug-likeness (QED) is 0.745. The fourth-order valence-electron chi connectivity index (χ4n) is 2.12. The molecule has 1 N–H and O–H groups in total. The average molecular weight is 336 g/mol. The van der Waals surface area contributed by atoms with Gasteiger partial charge in [0.15, 0.2) is 12.7 Å². The van der Waals surface area contributed by atoms with E-state index in [1.54, 1.807) is 24.3 Å². The Kier molecular flexibility index (Phi) is 6.00. The van der Waals surface area contributed by atoms with Gasteiger partial charge in [0.05, 0.1) is 6.61 Å². The van der Waals surface area contributed by atoms with E-state index in [9.17, 15) is 14.4 Å². The molecule has 0 radical (unpaired) electrons. The third-order valence-corrected chi connectivity index (χ3v) is 3.27. The van der Waals surface area contributed by atoms with E-state index in [4.69, 9.17) is 14.2 Å². The van der Waals surface area contributed by atoms with Crippen molar-refractivity contribution in [1.29, 1.82) is 0 Å². The molecular weight excluding hydrogens is 316 g/mol. The number of carbonyl (C=O) groups is 3. The number of amides is 3. The van der Waals surface area contributed by atoms with Crippen molar-refractivity contribution in [3.63, 3.8) is 0 Å². The monoisotopic (exact) mass is 336 g/mol. The number of nitrogens with zero attached hydrogens (tertiary/aromatic N) is 1. The van der Waals surface area contributed by atoms with Crippen LogP contribution in [0.3, 0.4) is 0 Å². The molecule has 1 aliphatic heterocycles. The fourth-order valence-corrected chi connectivity index (χ4v) is 2.12. The predicted molar refractivity (Wildman–Crippen MR) is 83.8 cm³/mol. The van der Waals surface area contributed by atoms with Crippen molar-refractivity contribution in [1.82, 2.24) is 10.2 Å². The molecule has 2 rings (SSSR count). The Bertz CT molecular complexity index is 601. The van der Waals surface area contributed by atoms with Gasteiger partial charge in [-0.15, -0.1) is 0 Å². The Hall–Kier alpha value is -2.77. The number of imide groups is 1. The lowest BCUT2D eigenvalue weighted by molar-refractivity contribution is -0.159. The zero-order valence-corrected chi connectivity index (χ0v) is 13.6. The Balaban J connectivity index is 1.78. The molecular formula is C16H20N2O6. The van der Waals surface area contributed by atoms with Crippen molar-refractivity contribution < 1.29 is 28.6 Å². The largest absolute Gasteiger partial charge is 0.494 e. The van der Waals surface area contributed by atoms with Gasteiger partial charge in [0.25, 0.3) is 5.91 Å². The van der Waals surface area contributed by atoms with E-state index >= 15 is 0 Å². The normalized spacial score (nSPS) is 14.8. The number of hydrogen-bond acceptors (Lipinski definition) is 6. The van der Waals surface area contributed by atoms with Crippen molar-refractivity contribution in [3.8, 4) is 11.5 Å². The van der Waals surface area contributed by atoms with Gasteiger partial charge in [0, 0.05) is 13.1 Å². The van der Waals surface area contributed by atoms with Gasteiger partial charge in [0.1, 0.15) is 11.5 Å². The molecule has 1 heterocycles. The Morgan fingerprint density at radius 1 is 1.21 bits per heavy atom. The second kappa shape index (κ2) is 8.19. The van der Waals surface area contributed by atoms with Crippen LogP contribution >= 0.6 is 0 Å². The summed E-state index contributed by atoms with van der Waals surface area (Å²) in [7, 11) is 0. The van der Waals surface area contributed by atoms with E-state index in [-0.39, 0.29) is 13.2 Å². The van der Waals surface area contributed by atoms with Crippen LogP contribution in [0.4, 0.5) is 4.79 Å². The van der Waals surface area contributed by atoms with Crippen LogP contribution in [0.5, 0.6) is 11.5 Å². The zero-order chi connectivity index (χ0) is 17.5. The summed E-state index contributed by atoms with van der Waals surface area (Å²) in [6.07, 6.45) is -1.05. The molecule has 0 bridgehead atoms. The molecule has 3 amide bonds. The zero-order valence-electron chi connectivity index (χ0n) is 13.6. The van der Waals surface area contributed by atoms with Gasteiger partial charge in [-0.25, -0.2) is 9.59 Å². The van der Waals surface area contributed by atoms with Gasteiger partial charge in [-0.1, -0.05) is 0 Å². The summed E-state index contributed by atoms with van der Waals surface area (Å²) in [5.41, 5.74) is 0. The minimum Gasteiger partial charge on any atom is -0.494 e. The SMILES string of the molecule is CCOc1ccc(OCC(=O)O[C@H](C)C(=O)N2CCNC2=O)cc1. The molecule has 1 aromatic carbocycles. The first-order valence-corrected chi connectivity index (χ1v) is 7.65. The minimum atomic E-state index is -1.05. The standard InChI is InChI=1S/C16H20N2O6/c1-3-22-12-4-6-13(7-5-12)23-10-14(19)24-11(2)15(20)18-9-8-17-16(18)21/h4-7,11H,3,8-10H2,1-2H3,(H,17,21)/t11-/m1/s1. The highest BCUT2D eigenvalue weighted by Gasteiger charge is 2.31. The highest BCUT2D eigenvalue weighted by molar-refractivity contribution is 5.98. The summed E-state index contributed by atoms with van der Waals surface area (Å²) >= 11 is 0. The maximum Gasteiger partial charge on any atom is 0.344 e. The van der Waals surface area contributed by atoms with Gasteiger partial charge >= 0.3 is 12.0 Å². The van der Waals surface area contributed by atoms with Crippen molar-refractivity contribution in [2.45, 2.75) is 20.0 Å². The summed E-state index contributed by atoms with van der Waals surface area (Å²) in [5, 5.41) is 2.51. The first kappa shape index (κ1) is 17.6. The fraction of sp³-hybridized carbons (Fsp3) is 0.438. The molecule has 0 aliphatic carbocycles. The molecule has 1 atom stereocenters. The highest BCUT2D eigenvalue weighted by atomic mass is 16.6. The van der Waals surface area contributed by atoms with E-state index in [0.29, 0.717) is 24.7 Å². The number of ether oxygens (including phenoxy) is 3. The summed E-state index contributed by atoms with van der Waals surface area (Å²) in [5.74, 6) is -0.0624. The predicted octanol–water partition coefficient (Wildman–Crippen LogP) is 0.948. The molecule has 0 unspecified atom stereocenters. The van der Waals surface area contributed by atoms with E-state index in [1.165, 1.54) is 6.92 Å².